The molecule has 23 heteroatoms. The number of nitrogens with zero attached hydrogens (tertiary/aromatic N) is 1. The van der Waals surface area contributed by atoms with Gasteiger partial charge in [0.05, 0.1) is 12.4 Å². The highest BCUT2D eigenvalue weighted by Gasteiger charge is 2.36. The molecule has 8 atom stereocenters. The van der Waals surface area contributed by atoms with E-state index in [-0.39, 0.29) is 43.6 Å². The monoisotopic (exact) mass is 1190 g/mol. The molecule has 7 aromatic rings. The van der Waals surface area contributed by atoms with Crippen LogP contribution in [-0.4, -0.2) is 129 Å². The number of carbonyl (C=O) groups is 8. The molecular weight excluding hydrogens is 1120 g/mol. The molecule has 5 aromatic carbocycles. The van der Waals surface area contributed by atoms with Crippen molar-refractivity contribution in [3.8, 4) is 11.1 Å². The number of H-pyrrole nitrogens is 2. The number of rotatable bonds is 19. The maximum absolute atomic E-state index is 14.9. The average molecular weight is 1190 g/mol. The van der Waals surface area contributed by atoms with Gasteiger partial charge in [-0.05, 0) is 82.8 Å². The van der Waals surface area contributed by atoms with Crippen LogP contribution in [0.25, 0.3) is 32.8 Å². The number of hydrogen-bond acceptors (Lipinski definition) is 13. The first-order valence-corrected chi connectivity index (χ1v) is 30.8. The van der Waals surface area contributed by atoms with Crippen LogP contribution >= 0.6 is 21.6 Å². The number of primary amides is 1. The molecule has 1 saturated heterocycles. The van der Waals surface area contributed by atoms with Gasteiger partial charge in [-0.2, -0.15) is 0 Å². The van der Waals surface area contributed by atoms with E-state index in [1.54, 1.807) is 20.0 Å². The number of aromatic nitrogens is 3. The normalized spacial score (nSPS) is 20.3. The van der Waals surface area contributed by atoms with Gasteiger partial charge in [-0.3, -0.25) is 38.4 Å². The van der Waals surface area contributed by atoms with E-state index in [1.807, 2.05) is 121 Å². The second-order valence-corrected chi connectivity index (χ2v) is 24.0. The second-order valence-electron chi connectivity index (χ2n) is 21.5. The zero-order valence-corrected chi connectivity index (χ0v) is 48.9. The predicted molar refractivity (Wildman–Crippen MR) is 331 cm³/mol. The summed E-state index contributed by atoms with van der Waals surface area (Å²) in [6.07, 6.45) is 5.53. The van der Waals surface area contributed by atoms with Crippen molar-refractivity contribution in [3.05, 3.63) is 162 Å². The Bertz CT molecular complexity index is 3450. The number of benzene rings is 5. The van der Waals surface area contributed by atoms with Crippen LogP contribution in [0, 0.1) is 5.92 Å². The van der Waals surface area contributed by atoms with Gasteiger partial charge in [-0.15, -0.1) is 0 Å². The summed E-state index contributed by atoms with van der Waals surface area (Å²) in [5, 5.41) is 22.5. The molecule has 21 nitrogen and oxygen atoms in total. The van der Waals surface area contributed by atoms with Gasteiger partial charge < -0.3 is 64.4 Å². The number of fused-ring (bicyclic) bond motifs is 2. The largest absolute Gasteiger partial charge is 0.368 e. The highest BCUT2D eigenvalue weighted by Crippen LogP contribution is 2.26. The fourth-order valence-corrected chi connectivity index (χ4v) is 12.3. The molecule has 1 fully saturated rings. The number of aromatic amines is 2. The maximum Gasteiger partial charge on any atom is 0.244 e. The number of amides is 8. The Hall–Kier alpha value is -8.51. The summed E-state index contributed by atoms with van der Waals surface area (Å²) in [5.74, 6) is -6.94. The Kier molecular flexibility index (Phi) is 22.3. The van der Waals surface area contributed by atoms with Crippen molar-refractivity contribution in [3.63, 3.8) is 0 Å². The molecule has 1 aliphatic heterocycles. The van der Waals surface area contributed by atoms with Crippen molar-refractivity contribution in [2.75, 3.05) is 18.1 Å². The minimum absolute atomic E-state index is 0.00770. The fraction of sp³-hybridized carbons (Fsp3) is 0.339. The van der Waals surface area contributed by atoms with Crippen molar-refractivity contribution < 1.29 is 38.4 Å². The number of carbonyl (C=O) groups excluding carboxylic acids is 8. The molecule has 8 rings (SSSR count). The first-order valence-electron chi connectivity index (χ1n) is 28.3. The van der Waals surface area contributed by atoms with Crippen LogP contribution in [-0.2, 0) is 64.0 Å². The van der Waals surface area contributed by atoms with Crippen molar-refractivity contribution in [2.24, 2.45) is 23.1 Å². The molecule has 0 saturated carbocycles. The van der Waals surface area contributed by atoms with Crippen LogP contribution in [0.1, 0.15) is 55.5 Å². The molecule has 0 bridgehead atoms. The Morgan fingerprint density at radius 3 is 2.07 bits per heavy atom. The Balaban J connectivity index is 1.12. The molecule has 0 radical (unpaired) electrons. The van der Waals surface area contributed by atoms with Gasteiger partial charge in [0.15, 0.2) is 0 Å². The lowest BCUT2D eigenvalue weighted by Gasteiger charge is -2.29. The van der Waals surface area contributed by atoms with Crippen molar-refractivity contribution in [1.82, 2.24) is 52.2 Å². The number of hydrogen-bond donors (Lipinski definition) is 12. The summed E-state index contributed by atoms with van der Waals surface area (Å²) in [6, 6.07) is 27.6. The molecule has 2 aromatic heterocycles. The number of imidazole rings is 1. The average Bonchev–Trinajstić information content (AvgIpc) is 4.37. The van der Waals surface area contributed by atoms with Gasteiger partial charge in [0.25, 0.3) is 0 Å². The van der Waals surface area contributed by atoms with Crippen molar-refractivity contribution in [2.45, 2.75) is 107 Å². The van der Waals surface area contributed by atoms with E-state index in [9.17, 15) is 38.4 Å². The van der Waals surface area contributed by atoms with E-state index < -0.39 is 102 Å². The molecule has 15 N–H and O–H groups in total. The number of nitrogens with one attached hydrogen (secondary N) is 9. The van der Waals surface area contributed by atoms with Crippen LogP contribution in [0.2, 0.25) is 0 Å². The summed E-state index contributed by atoms with van der Waals surface area (Å²) < 4.78 is 0. The number of nitrogens with two attached hydrogens (primary N) is 3. The molecule has 0 aliphatic carbocycles. The van der Waals surface area contributed by atoms with Gasteiger partial charge >= 0.3 is 0 Å². The Morgan fingerprint density at radius 2 is 1.33 bits per heavy atom. The molecular formula is C62H73N13O8S2. The highest BCUT2D eigenvalue weighted by atomic mass is 33.1. The molecule has 8 amide bonds. The third-order valence-electron chi connectivity index (χ3n) is 14.7. The maximum atomic E-state index is 14.9. The molecule has 1 aliphatic rings. The van der Waals surface area contributed by atoms with Crippen molar-refractivity contribution in [1.29, 1.82) is 0 Å². The molecule has 85 heavy (non-hydrogen) atoms. The van der Waals surface area contributed by atoms with E-state index in [0.717, 1.165) is 60.0 Å². The van der Waals surface area contributed by atoms with E-state index >= 15 is 0 Å². The van der Waals surface area contributed by atoms with E-state index in [2.05, 4.69) is 52.2 Å². The topological polar surface area (TPSA) is 343 Å². The fourth-order valence-electron chi connectivity index (χ4n) is 10.0. The lowest BCUT2D eigenvalue weighted by Crippen LogP contribution is -2.61. The minimum atomic E-state index is -1.38. The zero-order valence-electron chi connectivity index (χ0n) is 47.3. The standard InChI is InChI=1S/C62H73N13O8S2/c1-36(2)54-62(83)74-53(60(81)70-49(55(65)76)28-37-13-12-18-42(25-37)39-14-4-3-5-15-39)34-85-84-33-52(73-56(77)46(64)27-38-22-23-40-16-6-7-17-41(40)26-38)61(82)72-51(30-44-32-66-35-68-44)59(80)71-50(29-43-31-67-47-20-9-8-19-45(43)47)58(79)69-48(57(78)75-54)21-10-11-24-63/h3-9,12-20,22-23,25-26,31-32,35-36,46,48-54,67H,10-11,21,24,27-30,33-34,63-64H2,1-2H3,(H2,65,76)(H,66,68)(H,69,79)(H,70,81)(H,71,80)(H,72,82)(H,73,77)(H,74,83)(H,75,78)/t46-,48+,49-,50-,51+,52+,53-,54-/m0/s1. The van der Waals surface area contributed by atoms with E-state index in [1.165, 1.54) is 12.5 Å². The number of unbranched alkanes of at least 4 members (excludes halogenated alkanes) is 1. The van der Waals surface area contributed by atoms with Gasteiger partial charge in [0, 0.05) is 59.8 Å². The summed E-state index contributed by atoms with van der Waals surface area (Å²) in [4.78, 5) is 126. The third-order valence-corrected chi connectivity index (χ3v) is 17.2. The minimum Gasteiger partial charge on any atom is -0.368 e. The van der Waals surface area contributed by atoms with Crippen LogP contribution in [0.5, 0.6) is 0 Å². The van der Waals surface area contributed by atoms with E-state index in [0.29, 0.717) is 36.2 Å². The van der Waals surface area contributed by atoms with Gasteiger partial charge in [0.2, 0.25) is 47.3 Å². The van der Waals surface area contributed by atoms with Gasteiger partial charge in [-0.25, -0.2) is 4.98 Å². The van der Waals surface area contributed by atoms with E-state index in [4.69, 9.17) is 17.2 Å². The first-order chi connectivity index (χ1) is 41.0. The summed E-state index contributed by atoms with van der Waals surface area (Å²) >= 11 is 0. The van der Waals surface area contributed by atoms with Crippen LogP contribution in [0.4, 0.5) is 0 Å². The summed E-state index contributed by atoms with van der Waals surface area (Å²) in [6.45, 7) is 3.70. The smallest absolute Gasteiger partial charge is 0.244 e. The first kappa shape index (κ1) is 62.5. The summed E-state index contributed by atoms with van der Waals surface area (Å²) in [5.41, 5.74) is 23.6. The molecule has 446 valence electrons. The SMILES string of the molecule is CC(C)[C@@H]1NC(=O)[C@@H](CCCCN)NC(=O)[C@H](Cc2c[nH]c3ccccc23)NC(=O)[C@@H](Cc2cnc[nH]2)NC(=O)[C@H](NC(=O)[C@@H](N)Cc2ccc3ccccc3c2)CSSC[C@@H](C(=O)N[C@@H](Cc2cccc(-c3ccccc3)c2)C(N)=O)NC1=O. The van der Waals surface area contributed by atoms with Crippen LogP contribution in [0.3, 0.4) is 0 Å². The Labute approximate surface area is 500 Å². The van der Waals surface area contributed by atoms with Crippen LogP contribution < -0.4 is 54.4 Å². The lowest BCUT2D eigenvalue weighted by molar-refractivity contribution is -0.136. The molecule has 0 spiro atoms. The quantitative estimate of drug-likeness (QED) is 0.0409. The van der Waals surface area contributed by atoms with Crippen molar-refractivity contribution >= 4 is 90.5 Å². The third kappa shape index (κ3) is 17.5. The number of para-hydroxylation sites is 1. The van der Waals surface area contributed by atoms with Crippen LogP contribution in [0.15, 0.2) is 140 Å². The molecule has 3 heterocycles. The predicted octanol–water partition coefficient (Wildman–Crippen LogP) is 3.37. The Morgan fingerprint density at radius 1 is 0.659 bits per heavy atom. The second kappa shape index (κ2) is 30.3. The summed E-state index contributed by atoms with van der Waals surface area (Å²) in [7, 11) is 2.15. The van der Waals surface area contributed by atoms with Gasteiger partial charge in [-0.1, -0.05) is 151 Å². The highest BCUT2D eigenvalue weighted by molar-refractivity contribution is 8.76. The zero-order chi connectivity index (χ0) is 60.4. The molecule has 0 unspecified atom stereocenters. The van der Waals surface area contributed by atoms with Gasteiger partial charge in [0.1, 0.15) is 42.3 Å². The lowest BCUT2D eigenvalue weighted by atomic mass is 9.99.